The molecule has 0 saturated heterocycles. The first-order valence-corrected chi connectivity index (χ1v) is 5.31. The van der Waals surface area contributed by atoms with Crippen molar-refractivity contribution in [3.63, 3.8) is 0 Å². The van der Waals surface area contributed by atoms with Crippen LogP contribution in [0.15, 0.2) is 36.4 Å². The van der Waals surface area contributed by atoms with E-state index in [2.05, 4.69) is 18.2 Å². The Balaban J connectivity index is 2.42. The van der Waals surface area contributed by atoms with Gasteiger partial charge in [0.05, 0.1) is 7.11 Å². The summed E-state index contributed by atoms with van der Waals surface area (Å²) in [5.41, 5.74) is 7.23. The third-order valence-corrected chi connectivity index (χ3v) is 3.25. The van der Waals surface area contributed by atoms with Crippen LogP contribution in [0.5, 0.6) is 5.75 Å². The van der Waals surface area contributed by atoms with E-state index in [0.29, 0.717) is 6.54 Å². The molecule has 0 atom stereocenters. The highest BCUT2D eigenvalue weighted by Crippen LogP contribution is 2.40. The van der Waals surface area contributed by atoms with Crippen molar-refractivity contribution in [1.82, 2.24) is 0 Å². The van der Waals surface area contributed by atoms with Gasteiger partial charge in [-0.1, -0.05) is 30.4 Å². The number of benzene rings is 1. The Kier molecular flexibility index (Phi) is 2.78. The van der Waals surface area contributed by atoms with E-state index in [1.165, 1.54) is 5.56 Å². The molecule has 1 aliphatic rings. The van der Waals surface area contributed by atoms with Gasteiger partial charge in [-0.2, -0.15) is 0 Å². The van der Waals surface area contributed by atoms with Crippen LogP contribution in [0, 0.1) is 0 Å². The van der Waals surface area contributed by atoms with Gasteiger partial charge in [0.15, 0.2) is 0 Å². The van der Waals surface area contributed by atoms with E-state index >= 15 is 0 Å². The number of allylic oxidation sites excluding steroid dienone is 2. The molecule has 1 aromatic carbocycles. The molecule has 0 heterocycles. The molecule has 0 fully saturated rings. The third kappa shape index (κ3) is 1.65. The molecule has 80 valence electrons. The largest absolute Gasteiger partial charge is 0.496 e. The minimum absolute atomic E-state index is 0.0621. The van der Waals surface area contributed by atoms with Crippen LogP contribution in [-0.4, -0.2) is 13.7 Å². The Bertz CT molecular complexity index is 363. The molecule has 1 aromatic rings. The molecular formula is C13H17NO. The Morgan fingerprint density at radius 3 is 2.53 bits per heavy atom. The molecule has 15 heavy (non-hydrogen) atoms. The van der Waals surface area contributed by atoms with Crippen LogP contribution in [0.1, 0.15) is 18.4 Å². The lowest BCUT2D eigenvalue weighted by atomic mass is 9.78. The summed E-state index contributed by atoms with van der Waals surface area (Å²) in [6, 6.07) is 8.17. The van der Waals surface area contributed by atoms with Crippen LogP contribution in [0.3, 0.4) is 0 Å². The van der Waals surface area contributed by atoms with Crippen LogP contribution < -0.4 is 10.5 Å². The highest BCUT2D eigenvalue weighted by molar-refractivity contribution is 5.42. The molecule has 0 unspecified atom stereocenters. The number of nitrogens with two attached hydrogens (primary N) is 1. The maximum Gasteiger partial charge on any atom is 0.122 e. The monoisotopic (exact) mass is 203 g/mol. The molecule has 2 nitrogen and oxygen atoms in total. The lowest BCUT2D eigenvalue weighted by Crippen LogP contribution is -2.32. The lowest BCUT2D eigenvalue weighted by Gasteiger charge is -2.29. The van der Waals surface area contributed by atoms with E-state index in [1.807, 2.05) is 18.2 Å². The van der Waals surface area contributed by atoms with Crippen LogP contribution in [-0.2, 0) is 5.41 Å². The van der Waals surface area contributed by atoms with Crippen molar-refractivity contribution in [3.8, 4) is 5.75 Å². The highest BCUT2D eigenvalue weighted by atomic mass is 16.5. The van der Waals surface area contributed by atoms with Crippen LogP contribution in [0.2, 0.25) is 0 Å². The molecule has 2 heteroatoms. The average Bonchev–Trinajstić information content (AvgIpc) is 2.79. The smallest absolute Gasteiger partial charge is 0.122 e. The minimum Gasteiger partial charge on any atom is -0.496 e. The number of hydrogen-bond donors (Lipinski definition) is 1. The van der Waals surface area contributed by atoms with Crippen molar-refractivity contribution < 1.29 is 4.74 Å². The van der Waals surface area contributed by atoms with Crippen LogP contribution in [0.4, 0.5) is 0 Å². The van der Waals surface area contributed by atoms with Gasteiger partial charge < -0.3 is 10.5 Å². The zero-order valence-electron chi connectivity index (χ0n) is 9.07. The summed E-state index contributed by atoms with van der Waals surface area (Å²) in [5.74, 6) is 0.951. The highest BCUT2D eigenvalue weighted by Gasteiger charge is 2.33. The first-order chi connectivity index (χ1) is 7.32. The first-order valence-electron chi connectivity index (χ1n) is 5.31. The van der Waals surface area contributed by atoms with E-state index in [-0.39, 0.29) is 5.41 Å². The lowest BCUT2D eigenvalue weighted by molar-refractivity contribution is 0.382. The molecule has 0 bridgehead atoms. The van der Waals surface area contributed by atoms with E-state index in [4.69, 9.17) is 10.5 Å². The van der Waals surface area contributed by atoms with Crippen molar-refractivity contribution in [2.45, 2.75) is 18.3 Å². The maximum absolute atomic E-state index is 5.93. The molecular weight excluding hydrogens is 186 g/mol. The number of rotatable bonds is 3. The SMILES string of the molecule is COc1ccccc1C1(CN)CC=CC1. The fraction of sp³-hybridized carbons (Fsp3) is 0.385. The second-order valence-corrected chi connectivity index (χ2v) is 4.06. The van der Waals surface area contributed by atoms with Gasteiger partial charge in [-0.15, -0.1) is 0 Å². The molecule has 0 aromatic heterocycles. The normalized spacial score (nSPS) is 18.0. The predicted molar refractivity (Wildman–Crippen MR) is 62.1 cm³/mol. The van der Waals surface area contributed by atoms with Crippen LogP contribution >= 0.6 is 0 Å². The molecule has 1 aliphatic carbocycles. The Morgan fingerprint density at radius 1 is 1.27 bits per heavy atom. The number of hydrogen-bond acceptors (Lipinski definition) is 2. The van der Waals surface area contributed by atoms with Gasteiger partial charge in [0.25, 0.3) is 0 Å². The summed E-state index contributed by atoms with van der Waals surface area (Å²) in [4.78, 5) is 0. The second kappa shape index (κ2) is 4.07. The third-order valence-electron chi connectivity index (χ3n) is 3.25. The zero-order valence-corrected chi connectivity index (χ0v) is 9.07. The average molecular weight is 203 g/mol. The van der Waals surface area contributed by atoms with Crippen molar-refractivity contribution in [1.29, 1.82) is 0 Å². The van der Waals surface area contributed by atoms with Crippen LogP contribution in [0.25, 0.3) is 0 Å². The maximum atomic E-state index is 5.93. The van der Waals surface area contributed by atoms with Crippen molar-refractivity contribution in [2.75, 3.05) is 13.7 Å². The van der Waals surface area contributed by atoms with Gasteiger partial charge in [0, 0.05) is 17.5 Å². The zero-order chi connectivity index (χ0) is 10.7. The first kappa shape index (κ1) is 10.2. The van der Waals surface area contributed by atoms with Gasteiger partial charge in [0.2, 0.25) is 0 Å². The van der Waals surface area contributed by atoms with Gasteiger partial charge in [-0.05, 0) is 18.9 Å². The van der Waals surface area contributed by atoms with Gasteiger partial charge in [0.1, 0.15) is 5.75 Å². The summed E-state index contributed by atoms with van der Waals surface area (Å²) >= 11 is 0. The van der Waals surface area contributed by atoms with E-state index in [0.717, 1.165) is 18.6 Å². The fourth-order valence-corrected chi connectivity index (χ4v) is 2.28. The predicted octanol–water partition coefficient (Wildman–Crippen LogP) is 2.24. The van der Waals surface area contributed by atoms with Crippen molar-refractivity contribution >= 4 is 0 Å². The standard InChI is InChI=1S/C13H17NO/c1-15-12-7-3-2-6-11(12)13(10-14)8-4-5-9-13/h2-7H,8-10,14H2,1H3. The molecule has 0 saturated carbocycles. The van der Waals surface area contributed by atoms with Gasteiger partial charge in [-0.25, -0.2) is 0 Å². The minimum atomic E-state index is 0.0621. The second-order valence-electron chi connectivity index (χ2n) is 4.06. The van der Waals surface area contributed by atoms with Crippen molar-refractivity contribution in [3.05, 3.63) is 42.0 Å². The Morgan fingerprint density at radius 2 is 1.93 bits per heavy atom. The van der Waals surface area contributed by atoms with Gasteiger partial charge >= 0.3 is 0 Å². The summed E-state index contributed by atoms with van der Waals surface area (Å²) in [7, 11) is 1.71. The quantitative estimate of drug-likeness (QED) is 0.765. The van der Waals surface area contributed by atoms with Crippen molar-refractivity contribution in [2.24, 2.45) is 5.73 Å². The molecule has 0 radical (unpaired) electrons. The fourth-order valence-electron chi connectivity index (χ4n) is 2.28. The summed E-state index contributed by atoms with van der Waals surface area (Å²) < 4.78 is 5.40. The summed E-state index contributed by atoms with van der Waals surface area (Å²) in [6.45, 7) is 0.667. The van der Waals surface area contributed by atoms with E-state index in [1.54, 1.807) is 7.11 Å². The number of methoxy groups -OCH3 is 1. The van der Waals surface area contributed by atoms with Gasteiger partial charge in [-0.3, -0.25) is 0 Å². The summed E-state index contributed by atoms with van der Waals surface area (Å²) in [5, 5.41) is 0. The Labute approximate surface area is 90.7 Å². The molecule has 0 aliphatic heterocycles. The summed E-state index contributed by atoms with van der Waals surface area (Å²) in [6.07, 6.45) is 6.45. The van der Waals surface area contributed by atoms with E-state index < -0.39 is 0 Å². The molecule has 0 amide bonds. The molecule has 2 rings (SSSR count). The topological polar surface area (TPSA) is 35.2 Å². The number of para-hydroxylation sites is 1. The van der Waals surface area contributed by atoms with E-state index in [9.17, 15) is 0 Å². The number of ether oxygens (including phenoxy) is 1. The Hall–Kier alpha value is -1.28. The molecule has 2 N–H and O–H groups in total. The molecule has 0 spiro atoms.